The van der Waals surface area contributed by atoms with E-state index in [0.717, 1.165) is 11.3 Å². The van der Waals surface area contributed by atoms with Gasteiger partial charge in [-0.15, -0.1) is 0 Å². The molecule has 6 nitrogen and oxygen atoms in total. The summed E-state index contributed by atoms with van der Waals surface area (Å²) in [4.78, 5) is 20.0. The molecule has 0 bridgehead atoms. The Hall–Kier alpha value is -2.37. The van der Waals surface area contributed by atoms with Crippen molar-refractivity contribution < 1.29 is 9.53 Å². The maximum Gasteiger partial charge on any atom is 0.360 e. The number of ether oxygens (including phenoxy) is 1. The predicted octanol–water partition coefficient (Wildman–Crippen LogP) is 1.31. The van der Waals surface area contributed by atoms with Gasteiger partial charge in [-0.3, -0.25) is 4.98 Å². The minimum absolute atomic E-state index is 0.147. The number of esters is 1. The molecule has 0 aliphatic rings. The van der Waals surface area contributed by atoms with Crippen LogP contribution >= 0.6 is 0 Å². The molecule has 6 heteroatoms. The number of nitrogens with two attached hydrogens (primary N) is 1. The molecule has 0 aromatic carbocycles. The molecule has 2 aromatic heterocycles. The van der Waals surface area contributed by atoms with E-state index in [-0.39, 0.29) is 5.69 Å². The maximum absolute atomic E-state index is 11.5. The minimum Gasteiger partial charge on any atom is -0.464 e. The lowest BCUT2D eigenvalue weighted by atomic mass is 10.2. The molecule has 0 unspecified atom stereocenters. The fraction of sp³-hybridized carbons (Fsp3) is 0.308. The van der Waals surface area contributed by atoms with Gasteiger partial charge in [0, 0.05) is 6.20 Å². The lowest BCUT2D eigenvalue weighted by molar-refractivity contribution is 0.0595. The first-order valence-electron chi connectivity index (χ1n) is 5.86. The van der Waals surface area contributed by atoms with Gasteiger partial charge in [0.05, 0.1) is 19.3 Å². The summed E-state index contributed by atoms with van der Waals surface area (Å²) in [5.74, 6) is 0.425. The molecule has 0 saturated carbocycles. The number of imidazole rings is 1. The zero-order valence-electron chi connectivity index (χ0n) is 11.2. The number of nitrogens with zero attached hydrogens (tertiary/aromatic N) is 3. The van der Waals surface area contributed by atoms with Gasteiger partial charge in [0.25, 0.3) is 0 Å². The fourth-order valence-electron chi connectivity index (χ4n) is 1.86. The normalized spacial score (nSPS) is 10.5. The zero-order valence-corrected chi connectivity index (χ0v) is 11.2. The van der Waals surface area contributed by atoms with Crippen molar-refractivity contribution in [3.05, 3.63) is 41.1 Å². The average Bonchev–Trinajstić information content (AvgIpc) is 2.68. The van der Waals surface area contributed by atoms with Crippen LogP contribution < -0.4 is 5.73 Å². The molecule has 2 N–H and O–H groups in total. The Morgan fingerprint density at radius 1 is 1.47 bits per heavy atom. The maximum atomic E-state index is 11.5. The number of hydrogen-bond acceptors (Lipinski definition) is 5. The van der Waals surface area contributed by atoms with Crippen LogP contribution in [0.4, 0.5) is 5.82 Å². The number of rotatable bonds is 3. The van der Waals surface area contributed by atoms with Gasteiger partial charge in [0.15, 0.2) is 5.69 Å². The Kier molecular flexibility index (Phi) is 3.50. The molecule has 0 saturated heterocycles. The third-order valence-electron chi connectivity index (χ3n) is 3.00. The van der Waals surface area contributed by atoms with Crippen LogP contribution in [-0.2, 0) is 11.3 Å². The number of anilines is 1. The third kappa shape index (κ3) is 2.42. The van der Waals surface area contributed by atoms with Crippen molar-refractivity contribution in [2.24, 2.45) is 0 Å². The van der Waals surface area contributed by atoms with E-state index in [1.807, 2.05) is 19.1 Å². The van der Waals surface area contributed by atoms with Gasteiger partial charge in [0.2, 0.25) is 0 Å². The Morgan fingerprint density at radius 2 is 2.21 bits per heavy atom. The summed E-state index contributed by atoms with van der Waals surface area (Å²) in [6.45, 7) is 4.25. The number of carbonyl (C=O) groups is 1. The molecule has 0 aliphatic carbocycles. The molecule has 0 atom stereocenters. The van der Waals surface area contributed by atoms with E-state index in [1.165, 1.54) is 7.11 Å². The molecule has 0 radical (unpaired) electrons. The number of nitrogen functional groups attached to an aromatic ring is 1. The quantitative estimate of drug-likeness (QED) is 0.841. The Morgan fingerprint density at radius 3 is 2.84 bits per heavy atom. The van der Waals surface area contributed by atoms with E-state index < -0.39 is 5.97 Å². The summed E-state index contributed by atoms with van der Waals surface area (Å²) in [5, 5.41) is 0. The van der Waals surface area contributed by atoms with Crippen LogP contribution in [0, 0.1) is 13.8 Å². The van der Waals surface area contributed by atoms with Crippen molar-refractivity contribution in [3.8, 4) is 0 Å². The van der Waals surface area contributed by atoms with Crippen LogP contribution in [-0.4, -0.2) is 27.6 Å². The lowest BCUT2D eigenvalue weighted by Crippen LogP contribution is -2.11. The molecule has 2 aromatic rings. The van der Waals surface area contributed by atoms with Crippen molar-refractivity contribution >= 4 is 11.8 Å². The third-order valence-corrected chi connectivity index (χ3v) is 3.00. The summed E-state index contributed by atoms with van der Waals surface area (Å²) in [6.07, 6.45) is 1.73. The highest BCUT2D eigenvalue weighted by Crippen LogP contribution is 2.17. The number of pyridine rings is 1. The fourth-order valence-corrected chi connectivity index (χ4v) is 1.86. The molecule has 100 valence electrons. The predicted molar refractivity (Wildman–Crippen MR) is 70.8 cm³/mol. The van der Waals surface area contributed by atoms with Crippen LogP contribution in [0.2, 0.25) is 0 Å². The highest BCUT2D eigenvalue weighted by Gasteiger charge is 2.19. The van der Waals surface area contributed by atoms with Gasteiger partial charge in [-0.25, -0.2) is 9.78 Å². The summed E-state index contributed by atoms with van der Waals surface area (Å²) in [7, 11) is 1.30. The van der Waals surface area contributed by atoms with E-state index in [9.17, 15) is 4.79 Å². The SMILES string of the molecule is COC(=O)c1nc(C)n(Cc2ncccc2C)c1N. The standard InChI is InChI=1S/C13H16N4O2/c1-8-5-4-6-15-10(8)7-17-9(2)16-11(12(17)14)13(18)19-3/h4-6H,7,14H2,1-3H3. The van der Waals surface area contributed by atoms with Gasteiger partial charge >= 0.3 is 5.97 Å². The van der Waals surface area contributed by atoms with E-state index in [0.29, 0.717) is 18.2 Å². The first-order valence-corrected chi connectivity index (χ1v) is 5.86. The number of hydrogen-bond donors (Lipinski definition) is 1. The summed E-state index contributed by atoms with van der Waals surface area (Å²) >= 11 is 0. The van der Waals surface area contributed by atoms with E-state index >= 15 is 0 Å². The molecule has 0 amide bonds. The summed E-state index contributed by atoms with van der Waals surface area (Å²) < 4.78 is 6.40. The van der Waals surface area contributed by atoms with Crippen molar-refractivity contribution in [1.29, 1.82) is 0 Å². The highest BCUT2D eigenvalue weighted by molar-refractivity contribution is 5.92. The average molecular weight is 260 g/mol. The van der Waals surface area contributed by atoms with Crippen LogP contribution in [0.5, 0.6) is 0 Å². The Bertz CT molecular complexity index is 619. The van der Waals surface area contributed by atoms with Crippen LogP contribution in [0.3, 0.4) is 0 Å². The van der Waals surface area contributed by atoms with Gasteiger partial charge in [-0.05, 0) is 25.5 Å². The smallest absolute Gasteiger partial charge is 0.360 e. The van der Waals surface area contributed by atoms with E-state index in [4.69, 9.17) is 5.73 Å². The Balaban J connectivity index is 2.39. The number of methoxy groups -OCH3 is 1. The topological polar surface area (TPSA) is 83.0 Å². The summed E-state index contributed by atoms with van der Waals surface area (Å²) in [5.41, 5.74) is 8.06. The first-order chi connectivity index (χ1) is 9.04. The molecule has 2 heterocycles. The van der Waals surface area contributed by atoms with Gasteiger partial charge in [-0.2, -0.15) is 0 Å². The highest BCUT2D eigenvalue weighted by atomic mass is 16.5. The second-order valence-corrected chi connectivity index (χ2v) is 4.24. The van der Waals surface area contributed by atoms with Gasteiger partial charge < -0.3 is 15.0 Å². The van der Waals surface area contributed by atoms with Crippen LogP contribution in [0.15, 0.2) is 18.3 Å². The molecule has 2 rings (SSSR count). The molecule has 19 heavy (non-hydrogen) atoms. The molecule has 0 fully saturated rings. The molecular formula is C13H16N4O2. The van der Waals surface area contributed by atoms with Crippen molar-refractivity contribution in [2.45, 2.75) is 20.4 Å². The summed E-state index contributed by atoms with van der Waals surface area (Å²) in [6, 6.07) is 3.86. The molecule has 0 spiro atoms. The number of aromatic nitrogens is 3. The molecule has 0 aliphatic heterocycles. The van der Waals surface area contributed by atoms with Crippen molar-refractivity contribution in [3.63, 3.8) is 0 Å². The second-order valence-electron chi connectivity index (χ2n) is 4.24. The number of aryl methyl sites for hydroxylation is 2. The lowest BCUT2D eigenvalue weighted by Gasteiger charge is -2.09. The van der Waals surface area contributed by atoms with E-state index in [1.54, 1.807) is 17.7 Å². The zero-order chi connectivity index (χ0) is 14.0. The van der Waals surface area contributed by atoms with Crippen LogP contribution in [0.25, 0.3) is 0 Å². The monoisotopic (exact) mass is 260 g/mol. The largest absolute Gasteiger partial charge is 0.464 e. The van der Waals surface area contributed by atoms with Gasteiger partial charge in [-0.1, -0.05) is 6.07 Å². The number of carbonyl (C=O) groups excluding carboxylic acids is 1. The van der Waals surface area contributed by atoms with Crippen LogP contribution in [0.1, 0.15) is 27.6 Å². The molecular weight excluding hydrogens is 244 g/mol. The van der Waals surface area contributed by atoms with Crippen molar-refractivity contribution in [1.82, 2.24) is 14.5 Å². The minimum atomic E-state index is -0.530. The first kappa shape index (κ1) is 13.1. The van der Waals surface area contributed by atoms with Gasteiger partial charge in [0.1, 0.15) is 11.6 Å². The van der Waals surface area contributed by atoms with E-state index in [2.05, 4.69) is 14.7 Å². The Labute approximate surface area is 111 Å². The second kappa shape index (κ2) is 5.09. The van der Waals surface area contributed by atoms with Crippen molar-refractivity contribution in [2.75, 3.05) is 12.8 Å².